The molecule has 1 fully saturated rings. The first kappa shape index (κ1) is 18.8. The highest BCUT2D eigenvalue weighted by Crippen LogP contribution is 2.30. The third-order valence-corrected chi connectivity index (χ3v) is 5.90. The van der Waals surface area contributed by atoms with E-state index in [9.17, 15) is 4.79 Å². The molecule has 8 heteroatoms. The molecular formula is C20H21ClN4O2S. The van der Waals surface area contributed by atoms with Crippen LogP contribution in [0.5, 0.6) is 5.75 Å². The van der Waals surface area contributed by atoms with E-state index >= 15 is 0 Å². The number of aromatic nitrogens is 1. The van der Waals surface area contributed by atoms with E-state index in [0.717, 1.165) is 39.8 Å². The second-order valence-corrected chi connectivity index (χ2v) is 7.88. The van der Waals surface area contributed by atoms with Crippen molar-refractivity contribution in [1.82, 2.24) is 9.88 Å². The molecular weight excluding hydrogens is 396 g/mol. The smallest absolute Gasteiger partial charge is 0.323 e. The molecule has 3 aromatic rings. The van der Waals surface area contributed by atoms with E-state index in [0.29, 0.717) is 24.8 Å². The van der Waals surface area contributed by atoms with Crippen LogP contribution in [0.1, 0.15) is 6.92 Å². The normalized spacial score (nSPS) is 14.4. The Bertz CT molecular complexity index is 985. The maximum absolute atomic E-state index is 12.6. The first-order chi connectivity index (χ1) is 13.6. The number of benzene rings is 2. The molecule has 28 heavy (non-hydrogen) atoms. The van der Waals surface area contributed by atoms with Crippen molar-refractivity contribution in [2.45, 2.75) is 6.92 Å². The van der Waals surface area contributed by atoms with Crippen molar-refractivity contribution in [3.05, 3.63) is 47.5 Å². The number of amides is 2. The quantitative estimate of drug-likeness (QED) is 0.669. The maximum Gasteiger partial charge on any atom is 0.323 e. The summed E-state index contributed by atoms with van der Waals surface area (Å²) in [5.74, 6) is 0.812. The molecule has 2 aromatic carbocycles. The second kappa shape index (κ2) is 8.24. The molecule has 6 nitrogen and oxygen atoms in total. The van der Waals surface area contributed by atoms with E-state index < -0.39 is 0 Å². The molecule has 146 valence electrons. The molecule has 0 aliphatic carbocycles. The Labute approximate surface area is 172 Å². The van der Waals surface area contributed by atoms with Gasteiger partial charge in [-0.25, -0.2) is 9.78 Å². The molecule has 0 spiro atoms. The van der Waals surface area contributed by atoms with Crippen molar-refractivity contribution in [2.24, 2.45) is 0 Å². The lowest BCUT2D eigenvalue weighted by Crippen LogP contribution is -2.50. The largest absolute Gasteiger partial charge is 0.494 e. The number of rotatable bonds is 4. The van der Waals surface area contributed by atoms with Gasteiger partial charge in [-0.05, 0) is 37.3 Å². The third-order valence-electron chi connectivity index (χ3n) is 4.64. The summed E-state index contributed by atoms with van der Waals surface area (Å²) in [6.45, 7) is 5.33. The van der Waals surface area contributed by atoms with E-state index in [4.69, 9.17) is 16.3 Å². The van der Waals surface area contributed by atoms with E-state index in [1.807, 2.05) is 54.3 Å². The molecule has 2 amide bonds. The third kappa shape index (κ3) is 4.00. The summed E-state index contributed by atoms with van der Waals surface area (Å²) in [7, 11) is 0. The van der Waals surface area contributed by atoms with Gasteiger partial charge in [0.05, 0.1) is 27.5 Å². The molecule has 0 saturated carbocycles. The number of carbonyl (C=O) groups excluding carboxylic acids is 1. The van der Waals surface area contributed by atoms with Crippen LogP contribution in [0.2, 0.25) is 5.02 Å². The lowest BCUT2D eigenvalue weighted by Gasteiger charge is -2.36. The zero-order chi connectivity index (χ0) is 19.5. The van der Waals surface area contributed by atoms with Gasteiger partial charge in [0.25, 0.3) is 0 Å². The van der Waals surface area contributed by atoms with Crippen molar-refractivity contribution >= 4 is 50.0 Å². The SMILES string of the molecule is CCOc1ccc2nc(NC(=O)N3CCN(c4ccccc4Cl)CC3)sc2c1. The number of hydrogen-bond donors (Lipinski definition) is 1. The summed E-state index contributed by atoms with van der Waals surface area (Å²) in [5.41, 5.74) is 1.87. The zero-order valence-electron chi connectivity index (χ0n) is 15.5. The summed E-state index contributed by atoms with van der Waals surface area (Å²) < 4.78 is 6.51. The average molecular weight is 417 g/mol. The van der Waals surface area contributed by atoms with Crippen LogP contribution in [0.15, 0.2) is 42.5 Å². The van der Waals surface area contributed by atoms with Gasteiger partial charge in [0.15, 0.2) is 5.13 Å². The summed E-state index contributed by atoms with van der Waals surface area (Å²) in [5, 5.41) is 4.26. The predicted octanol–water partition coefficient (Wildman–Crippen LogP) is 4.70. The van der Waals surface area contributed by atoms with Gasteiger partial charge in [0, 0.05) is 26.2 Å². The van der Waals surface area contributed by atoms with Crippen LogP contribution in [0.4, 0.5) is 15.6 Å². The van der Waals surface area contributed by atoms with Crippen LogP contribution in [0.25, 0.3) is 10.2 Å². The molecule has 4 rings (SSSR count). The van der Waals surface area contributed by atoms with Crippen molar-refractivity contribution in [2.75, 3.05) is 43.0 Å². The highest BCUT2D eigenvalue weighted by atomic mass is 35.5. The molecule has 0 unspecified atom stereocenters. The van der Waals surface area contributed by atoms with E-state index in [2.05, 4.69) is 15.2 Å². The van der Waals surface area contributed by atoms with Gasteiger partial charge in [-0.2, -0.15) is 0 Å². The Morgan fingerprint density at radius 3 is 2.75 bits per heavy atom. The summed E-state index contributed by atoms with van der Waals surface area (Å²) in [6, 6.07) is 13.4. The van der Waals surface area contributed by atoms with Crippen molar-refractivity contribution in [1.29, 1.82) is 0 Å². The predicted molar refractivity (Wildman–Crippen MR) is 115 cm³/mol. The Morgan fingerprint density at radius 1 is 1.21 bits per heavy atom. The minimum atomic E-state index is -0.122. The van der Waals surface area contributed by atoms with E-state index in [1.165, 1.54) is 11.3 Å². The number of nitrogens with one attached hydrogen (secondary N) is 1. The van der Waals surface area contributed by atoms with Crippen LogP contribution < -0.4 is 15.0 Å². The van der Waals surface area contributed by atoms with Gasteiger partial charge in [0.2, 0.25) is 0 Å². The minimum Gasteiger partial charge on any atom is -0.494 e. The molecule has 1 aromatic heterocycles. The van der Waals surface area contributed by atoms with Gasteiger partial charge in [-0.3, -0.25) is 5.32 Å². The number of carbonyl (C=O) groups is 1. The molecule has 2 heterocycles. The fraction of sp³-hybridized carbons (Fsp3) is 0.300. The Hall–Kier alpha value is -2.51. The lowest BCUT2D eigenvalue weighted by atomic mass is 10.2. The number of thiazole rings is 1. The highest BCUT2D eigenvalue weighted by molar-refractivity contribution is 7.22. The van der Waals surface area contributed by atoms with E-state index in [-0.39, 0.29) is 6.03 Å². The number of fused-ring (bicyclic) bond motifs is 1. The van der Waals surface area contributed by atoms with E-state index in [1.54, 1.807) is 0 Å². The number of nitrogens with zero attached hydrogens (tertiary/aromatic N) is 3. The lowest BCUT2D eigenvalue weighted by molar-refractivity contribution is 0.208. The topological polar surface area (TPSA) is 57.7 Å². The van der Waals surface area contributed by atoms with Crippen molar-refractivity contribution in [3.63, 3.8) is 0 Å². The van der Waals surface area contributed by atoms with Gasteiger partial charge in [0.1, 0.15) is 5.75 Å². The Morgan fingerprint density at radius 2 is 2.00 bits per heavy atom. The van der Waals surface area contributed by atoms with Crippen LogP contribution in [-0.4, -0.2) is 48.7 Å². The Balaban J connectivity index is 1.38. The highest BCUT2D eigenvalue weighted by Gasteiger charge is 2.23. The number of halogens is 1. The number of piperazine rings is 1. The summed E-state index contributed by atoms with van der Waals surface area (Å²) in [6.07, 6.45) is 0. The van der Waals surface area contributed by atoms with Gasteiger partial charge in [-0.15, -0.1) is 0 Å². The molecule has 0 radical (unpaired) electrons. The first-order valence-corrected chi connectivity index (χ1v) is 10.4. The van der Waals surface area contributed by atoms with Crippen LogP contribution in [0, 0.1) is 0 Å². The standard InChI is InChI=1S/C20H21ClN4O2S/c1-2-27-14-7-8-16-18(13-14)28-19(22-16)23-20(26)25-11-9-24(10-12-25)17-6-4-3-5-15(17)21/h3-8,13H,2,9-12H2,1H3,(H,22,23,26). The van der Waals surface area contributed by atoms with Crippen molar-refractivity contribution < 1.29 is 9.53 Å². The van der Waals surface area contributed by atoms with Crippen LogP contribution >= 0.6 is 22.9 Å². The second-order valence-electron chi connectivity index (χ2n) is 6.44. The first-order valence-electron chi connectivity index (χ1n) is 9.23. The molecule has 0 bridgehead atoms. The number of anilines is 2. The number of hydrogen-bond acceptors (Lipinski definition) is 5. The molecule has 0 atom stereocenters. The number of urea groups is 1. The molecule has 1 N–H and O–H groups in total. The zero-order valence-corrected chi connectivity index (χ0v) is 17.1. The molecule has 1 saturated heterocycles. The minimum absolute atomic E-state index is 0.122. The molecule has 1 aliphatic heterocycles. The van der Waals surface area contributed by atoms with Gasteiger partial charge < -0.3 is 14.5 Å². The van der Waals surface area contributed by atoms with Crippen LogP contribution in [0.3, 0.4) is 0 Å². The fourth-order valence-electron chi connectivity index (χ4n) is 3.24. The van der Waals surface area contributed by atoms with Crippen molar-refractivity contribution in [3.8, 4) is 5.75 Å². The summed E-state index contributed by atoms with van der Waals surface area (Å²) in [4.78, 5) is 21.2. The summed E-state index contributed by atoms with van der Waals surface area (Å²) >= 11 is 7.73. The fourth-order valence-corrected chi connectivity index (χ4v) is 4.38. The molecule has 1 aliphatic rings. The average Bonchev–Trinajstić information content (AvgIpc) is 3.10. The van der Waals surface area contributed by atoms with Gasteiger partial charge in [-0.1, -0.05) is 35.1 Å². The van der Waals surface area contributed by atoms with Crippen LogP contribution in [-0.2, 0) is 0 Å². The van der Waals surface area contributed by atoms with Gasteiger partial charge >= 0.3 is 6.03 Å². The Kier molecular flexibility index (Phi) is 5.54. The maximum atomic E-state index is 12.6. The number of para-hydroxylation sites is 1. The number of ether oxygens (including phenoxy) is 1. The monoisotopic (exact) mass is 416 g/mol.